The summed E-state index contributed by atoms with van der Waals surface area (Å²) in [6.07, 6.45) is 3.15. The molecule has 1 aromatic carbocycles. The second-order valence-electron chi connectivity index (χ2n) is 4.79. The van der Waals surface area contributed by atoms with Crippen molar-refractivity contribution in [1.29, 1.82) is 0 Å². The van der Waals surface area contributed by atoms with Crippen molar-refractivity contribution >= 4 is 21.7 Å². The Bertz CT molecular complexity index is 721. The number of Topliss-reactive ketones (excluding diaryl/α,β-unsaturated/α-hetero) is 1. The fourth-order valence-electron chi connectivity index (χ4n) is 2.31. The average molecular weight is 351 g/mol. The SMILES string of the molecule is COc1ccc(-c2ncc3c(n2)C(=O)C(Br)CC3)cc1F. The largest absolute Gasteiger partial charge is 0.494 e. The molecule has 1 aromatic heterocycles. The Morgan fingerprint density at radius 3 is 2.95 bits per heavy atom. The lowest BCUT2D eigenvalue weighted by molar-refractivity contribution is 0.0976. The van der Waals surface area contributed by atoms with Crippen LogP contribution < -0.4 is 4.74 Å². The van der Waals surface area contributed by atoms with Crippen LogP contribution in [0.15, 0.2) is 24.4 Å². The molecule has 0 saturated heterocycles. The molecule has 0 N–H and O–H groups in total. The smallest absolute Gasteiger partial charge is 0.195 e. The minimum absolute atomic E-state index is 0.0473. The molecule has 0 spiro atoms. The van der Waals surface area contributed by atoms with E-state index in [1.54, 1.807) is 12.3 Å². The number of nitrogens with zero attached hydrogens (tertiary/aromatic N) is 2. The highest BCUT2D eigenvalue weighted by atomic mass is 79.9. The van der Waals surface area contributed by atoms with Crippen LogP contribution in [0.5, 0.6) is 5.75 Å². The molecule has 0 amide bonds. The summed E-state index contributed by atoms with van der Waals surface area (Å²) < 4.78 is 18.6. The summed E-state index contributed by atoms with van der Waals surface area (Å²) in [5, 5.41) is 0. The maximum atomic E-state index is 13.8. The van der Waals surface area contributed by atoms with E-state index in [4.69, 9.17) is 4.74 Å². The van der Waals surface area contributed by atoms with Gasteiger partial charge in [-0.2, -0.15) is 0 Å². The van der Waals surface area contributed by atoms with Crippen molar-refractivity contribution in [3.8, 4) is 17.1 Å². The fourth-order valence-corrected chi connectivity index (χ4v) is 2.76. The highest BCUT2D eigenvalue weighted by Gasteiger charge is 2.27. The lowest BCUT2D eigenvalue weighted by atomic mass is 9.96. The summed E-state index contributed by atoms with van der Waals surface area (Å²) in [6, 6.07) is 4.49. The van der Waals surface area contributed by atoms with Crippen molar-refractivity contribution < 1.29 is 13.9 Å². The van der Waals surface area contributed by atoms with E-state index >= 15 is 0 Å². The van der Waals surface area contributed by atoms with Crippen molar-refractivity contribution in [1.82, 2.24) is 9.97 Å². The molecule has 3 rings (SSSR count). The Morgan fingerprint density at radius 1 is 1.43 bits per heavy atom. The number of ketones is 1. The maximum Gasteiger partial charge on any atom is 0.195 e. The van der Waals surface area contributed by atoms with Gasteiger partial charge in [0.05, 0.1) is 11.9 Å². The van der Waals surface area contributed by atoms with E-state index < -0.39 is 5.82 Å². The van der Waals surface area contributed by atoms with Gasteiger partial charge in [0.1, 0.15) is 5.69 Å². The van der Waals surface area contributed by atoms with E-state index in [0.29, 0.717) is 17.1 Å². The molecular formula is C15H12BrFN2O2. The predicted molar refractivity (Wildman–Crippen MR) is 79.3 cm³/mol. The van der Waals surface area contributed by atoms with Gasteiger partial charge in [-0.05, 0) is 36.6 Å². The summed E-state index contributed by atoms with van der Waals surface area (Å²) in [7, 11) is 1.41. The Labute approximate surface area is 129 Å². The summed E-state index contributed by atoms with van der Waals surface area (Å²) in [5.74, 6) is -0.0338. The fraction of sp³-hybridized carbons (Fsp3) is 0.267. The molecule has 1 atom stereocenters. The molecule has 6 heteroatoms. The second kappa shape index (κ2) is 5.52. The molecule has 1 aliphatic carbocycles. The zero-order valence-electron chi connectivity index (χ0n) is 11.3. The predicted octanol–water partition coefficient (Wildman–Crippen LogP) is 3.18. The first kappa shape index (κ1) is 14.1. The molecule has 1 aliphatic rings. The van der Waals surface area contributed by atoms with E-state index in [-0.39, 0.29) is 16.4 Å². The number of halogens is 2. The molecule has 1 heterocycles. The lowest BCUT2D eigenvalue weighted by Crippen LogP contribution is -2.24. The third-order valence-electron chi connectivity index (χ3n) is 3.46. The van der Waals surface area contributed by atoms with Crippen molar-refractivity contribution in [2.45, 2.75) is 17.7 Å². The number of hydrogen-bond donors (Lipinski definition) is 0. The van der Waals surface area contributed by atoms with Gasteiger partial charge in [-0.15, -0.1) is 0 Å². The first-order chi connectivity index (χ1) is 10.1. The summed E-state index contributed by atoms with van der Waals surface area (Å²) >= 11 is 3.35. The van der Waals surface area contributed by atoms with Crippen LogP contribution >= 0.6 is 15.9 Å². The number of aryl methyl sites for hydroxylation is 1. The van der Waals surface area contributed by atoms with Gasteiger partial charge in [-0.25, -0.2) is 14.4 Å². The van der Waals surface area contributed by atoms with Crippen molar-refractivity contribution in [3.05, 3.63) is 41.5 Å². The van der Waals surface area contributed by atoms with Crippen LogP contribution in [0.3, 0.4) is 0 Å². The molecule has 0 aliphatic heterocycles. The molecule has 21 heavy (non-hydrogen) atoms. The van der Waals surface area contributed by atoms with E-state index in [1.165, 1.54) is 19.2 Å². The van der Waals surface area contributed by atoms with E-state index in [0.717, 1.165) is 18.4 Å². The highest BCUT2D eigenvalue weighted by molar-refractivity contribution is 9.10. The molecule has 0 saturated carbocycles. The van der Waals surface area contributed by atoms with Gasteiger partial charge in [0.15, 0.2) is 23.2 Å². The molecule has 0 radical (unpaired) electrons. The zero-order valence-corrected chi connectivity index (χ0v) is 12.9. The maximum absolute atomic E-state index is 13.8. The van der Waals surface area contributed by atoms with Crippen LogP contribution in [0.25, 0.3) is 11.4 Å². The number of hydrogen-bond acceptors (Lipinski definition) is 4. The van der Waals surface area contributed by atoms with Crippen molar-refractivity contribution in [2.24, 2.45) is 0 Å². The molecule has 108 valence electrons. The molecule has 2 aromatic rings. The van der Waals surface area contributed by atoms with Crippen LogP contribution in [-0.4, -0.2) is 27.7 Å². The first-order valence-electron chi connectivity index (χ1n) is 6.48. The van der Waals surface area contributed by atoms with Gasteiger partial charge in [-0.3, -0.25) is 4.79 Å². The molecule has 0 fully saturated rings. The minimum Gasteiger partial charge on any atom is -0.494 e. The van der Waals surface area contributed by atoms with Crippen LogP contribution in [0.1, 0.15) is 22.5 Å². The summed E-state index contributed by atoms with van der Waals surface area (Å²) in [6.45, 7) is 0. The van der Waals surface area contributed by atoms with Gasteiger partial charge in [0.25, 0.3) is 0 Å². The Kier molecular flexibility index (Phi) is 3.71. The van der Waals surface area contributed by atoms with E-state index in [9.17, 15) is 9.18 Å². The van der Waals surface area contributed by atoms with Gasteiger partial charge in [0, 0.05) is 11.8 Å². The normalized spacial score (nSPS) is 17.5. The van der Waals surface area contributed by atoms with Gasteiger partial charge >= 0.3 is 0 Å². The van der Waals surface area contributed by atoms with Gasteiger partial charge in [0.2, 0.25) is 0 Å². The van der Waals surface area contributed by atoms with Crippen molar-refractivity contribution in [2.75, 3.05) is 7.11 Å². The zero-order chi connectivity index (χ0) is 15.0. The quantitative estimate of drug-likeness (QED) is 0.780. The van der Waals surface area contributed by atoms with Gasteiger partial charge in [-0.1, -0.05) is 15.9 Å². The van der Waals surface area contributed by atoms with E-state index in [1.807, 2.05) is 0 Å². The number of benzene rings is 1. The second-order valence-corrected chi connectivity index (χ2v) is 5.89. The number of carbonyl (C=O) groups is 1. The van der Waals surface area contributed by atoms with E-state index in [2.05, 4.69) is 25.9 Å². The number of methoxy groups -OCH3 is 1. The lowest BCUT2D eigenvalue weighted by Gasteiger charge is -2.18. The highest BCUT2D eigenvalue weighted by Crippen LogP contribution is 2.27. The number of ether oxygens (including phenoxy) is 1. The number of alkyl halides is 1. The first-order valence-corrected chi connectivity index (χ1v) is 7.40. The third kappa shape index (κ3) is 2.55. The standard InChI is InChI=1S/C15H12BrFN2O2/c1-21-12-5-3-8(6-11(12)17)15-18-7-9-2-4-10(16)14(20)13(9)19-15/h3,5-7,10H,2,4H2,1H3. The Morgan fingerprint density at radius 2 is 2.24 bits per heavy atom. The monoisotopic (exact) mass is 350 g/mol. The summed E-state index contributed by atoms with van der Waals surface area (Å²) in [5.41, 5.74) is 1.78. The van der Waals surface area contributed by atoms with Crippen LogP contribution in [0.4, 0.5) is 4.39 Å². The Hall–Kier alpha value is -1.82. The average Bonchev–Trinajstić information content (AvgIpc) is 2.50. The third-order valence-corrected chi connectivity index (χ3v) is 4.33. The number of rotatable bonds is 2. The molecular weight excluding hydrogens is 339 g/mol. The van der Waals surface area contributed by atoms with Crippen LogP contribution in [0.2, 0.25) is 0 Å². The Balaban J connectivity index is 2.04. The number of carbonyl (C=O) groups excluding carboxylic acids is 1. The molecule has 1 unspecified atom stereocenters. The van der Waals surface area contributed by atoms with Crippen LogP contribution in [-0.2, 0) is 6.42 Å². The molecule has 0 bridgehead atoms. The number of fused-ring (bicyclic) bond motifs is 1. The van der Waals surface area contributed by atoms with Gasteiger partial charge < -0.3 is 4.74 Å². The summed E-state index contributed by atoms with van der Waals surface area (Å²) in [4.78, 5) is 20.5. The topological polar surface area (TPSA) is 52.1 Å². The van der Waals surface area contributed by atoms with Crippen molar-refractivity contribution in [3.63, 3.8) is 0 Å². The van der Waals surface area contributed by atoms with Crippen LogP contribution in [0, 0.1) is 5.82 Å². The molecule has 4 nitrogen and oxygen atoms in total. The number of aromatic nitrogens is 2. The minimum atomic E-state index is -0.485.